The van der Waals surface area contributed by atoms with Crippen molar-refractivity contribution in [3.05, 3.63) is 0 Å². The Balaban J connectivity index is 3.11. The molecule has 92 valence electrons. The molecule has 2 unspecified atom stereocenters. The van der Waals surface area contributed by atoms with E-state index in [2.05, 4.69) is 45.7 Å². The number of halogens is 2. The van der Waals surface area contributed by atoms with E-state index in [0.717, 1.165) is 9.65 Å². The summed E-state index contributed by atoms with van der Waals surface area (Å²) in [6.45, 7) is 4.51. The largest absolute Gasteiger partial charge is 0.0891 e. The van der Waals surface area contributed by atoms with Crippen LogP contribution in [0.15, 0.2) is 0 Å². The Kier molecular flexibility index (Phi) is 12.2. The van der Waals surface area contributed by atoms with Gasteiger partial charge >= 0.3 is 0 Å². The highest BCUT2D eigenvalue weighted by atomic mass is 79.9. The topological polar surface area (TPSA) is 0 Å². The maximum absolute atomic E-state index is 3.73. The molecule has 0 bridgehead atoms. The first-order chi connectivity index (χ1) is 7.20. The van der Waals surface area contributed by atoms with Crippen LogP contribution >= 0.6 is 31.9 Å². The van der Waals surface area contributed by atoms with Crippen LogP contribution in [0, 0.1) is 0 Å². The smallest absolute Gasteiger partial charge is 0.0145 e. The van der Waals surface area contributed by atoms with Gasteiger partial charge in [0.1, 0.15) is 0 Å². The van der Waals surface area contributed by atoms with Gasteiger partial charge in [-0.05, 0) is 25.7 Å². The first kappa shape index (κ1) is 16.0. The van der Waals surface area contributed by atoms with Crippen LogP contribution in [-0.2, 0) is 0 Å². The van der Waals surface area contributed by atoms with Crippen molar-refractivity contribution in [2.45, 2.75) is 81.3 Å². The molecule has 0 aromatic carbocycles. The van der Waals surface area contributed by atoms with E-state index in [9.17, 15) is 0 Å². The van der Waals surface area contributed by atoms with Gasteiger partial charge in [-0.15, -0.1) is 0 Å². The summed E-state index contributed by atoms with van der Waals surface area (Å²) < 4.78 is 0. The molecule has 2 heteroatoms. The van der Waals surface area contributed by atoms with Gasteiger partial charge in [-0.25, -0.2) is 0 Å². The molecule has 0 saturated heterocycles. The molecule has 0 nitrogen and oxygen atoms in total. The number of hydrogen-bond acceptors (Lipinski definition) is 0. The van der Waals surface area contributed by atoms with Crippen molar-refractivity contribution >= 4 is 31.9 Å². The Morgan fingerprint density at radius 3 is 1.73 bits per heavy atom. The molecule has 0 aromatic heterocycles. The summed E-state index contributed by atoms with van der Waals surface area (Å²) in [6.07, 6.45) is 12.2. The van der Waals surface area contributed by atoms with E-state index in [1.807, 2.05) is 0 Å². The Morgan fingerprint density at radius 1 is 0.733 bits per heavy atom. The molecule has 0 aromatic rings. The lowest BCUT2D eigenvalue weighted by atomic mass is 10.1. The van der Waals surface area contributed by atoms with Gasteiger partial charge in [0, 0.05) is 9.65 Å². The zero-order chi connectivity index (χ0) is 11.5. The first-order valence-corrected chi connectivity index (χ1v) is 8.31. The number of rotatable bonds is 10. The second kappa shape index (κ2) is 11.4. The minimum absolute atomic E-state index is 0.751. The van der Waals surface area contributed by atoms with E-state index in [-0.39, 0.29) is 0 Å². The molecule has 0 saturated carbocycles. The lowest BCUT2D eigenvalue weighted by molar-refractivity contribution is 0.568. The van der Waals surface area contributed by atoms with E-state index in [1.54, 1.807) is 0 Å². The molecule has 0 radical (unpaired) electrons. The van der Waals surface area contributed by atoms with Crippen LogP contribution in [-0.4, -0.2) is 9.65 Å². The summed E-state index contributed by atoms with van der Waals surface area (Å²) in [4.78, 5) is 1.52. The molecule has 0 spiro atoms. The zero-order valence-corrected chi connectivity index (χ0v) is 13.4. The Morgan fingerprint density at radius 2 is 1.27 bits per heavy atom. The van der Waals surface area contributed by atoms with Crippen molar-refractivity contribution < 1.29 is 0 Å². The molecular formula is C13H26Br2. The summed E-state index contributed by atoms with van der Waals surface area (Å²) in [5, 5.41) is 0. The van der Waals surface area contributed by atoms with Crippen LogP contribution < -0.4 is 0 Å². The number of unbranched alkanes of at least 4 members (excludes halogenated alkanes) is 3. The third kappa shape index (κ3) is 11.2. The van der Waals surface area contributed by atoms with Crippen molar-refractivity contribution in [3.63, 3.8) is 0 Å². The highest BCUT2D eigenvalue weighted by Crippen LogP contribution is 2.18. The van der Waals surface area contributed by atoms with Gasteiger partial charge in [0.15, 0.2) is 0 Å². The second-order valence-corrected chi connectivity index (χ2v) is 6.97. The summed E-state index contributed by atoms with van der Waals surface area (Å²) in [6, 6.07) is 0. The molecule has 0 aliphatic carbocycles. The monoisotopic (exact) mass is 340 g/mol. The molecule has 0 aliphatic rings. The molecule has 0 rings (SSSR count). The molecule has 0 heterocycles. The quantitative estimate of drug-likeness (QED) is 0.334. The fourth-order valence-electron chi connectivity index (χ4n) is 1.75. The molecule has 15 heavy (non-hydrogen) atoms. The average molecular weight is 342 g/mol. The van der Waals surface area contributed by atoms with Crippen LogP contribution in [0.4, 0.5) is 0 Å². The maximum Gasteiger partial charge on any atom is 0.0145 e. The lowest BCUT2D eigenvalue weighted by Crippen LogP contribution is -1.97. The van der Waals surface area contributed by atoms with Crippen molar-refractivity contribution in [1.82, 2.24) is 0 Å². The van der Waals surface area contributed by atoms with E-state index in [1.165, 1.54) is 57.8 Å². The van der Waals surface area contributed by atoms with Crippen molar-refractivity contribution in [3.8, 4) is 0 Å². The molecule has 2 atom stereocenters. The maximum atomic E-state index is 3.73. The molecule has 0 fully saturated rings. The third-order valence-corrected chi connectivity index (χ3v) is 4.85. The van der Waals surface area contributed by atoms with Crippen LogP contribution in [0.2, 0.25) is 0 Å². The van der Waals surface area contributed by atoms with Gasteiger partial charge in [0.05, 0.1) is 0 Å². The minimum atomic E-state index is 0.751. The van der Waals surface area contributed by atoms with Crippen molar-refractivity contribution in [1.29, 1.82) is 0 Å². The summed E-state index contributed by atoms with van der Waals surface area (Å²) in [7, 11) is 0. The Hall–Kier alpha value is 0.960. The second-order valence-electron chi connectivity index (χ2n) is 4.38. The van der Waals surface area contributed by atoms with Crippen LogP contribution in [0.25, 0.3) is 0 Å². The predicted molar refractivity (Wildman–Crippen MR) is 78.3 cm³/mol. The van der Waals surface area contributed by atoms with Gasteiger partial charge in [-0.1, -0.05) is 77.8 Å². The minimum Gasteiger partial charge on any atom is -0.0891 e. The van der Waals surface area contributed by atoms with E-state index < -0.39 is 0 Å². The molecule has 0 N–H and O–H groups in total. The number of hydrogen-bond donors (Lipinski definition) is 0. The zero-order valence-electron chi connectivity index (χ0n) is 10.3. The average Bonchev–Trinajstić information content (AvgIpc) is 2.23. The van der Waals surface area contributed by atoms with E-state index in [4.69, 9.17) is 0 Å². The van der Waals surface area contributed by atoms with Crippen LogP contribution in [0.1, 0.15) is 71.6 Å². The number of alkyl halides is 2. The molecule has 0 amide bonds. The summed E-state index contributed by atoms with van der Waals surface area (Å²) in [5.74, 6) is 0. The molecule has 0 aliphatic heterocycles. The van der Waals surface area contributed by atoms with E-state index >= 15 is 0 Å². The van der Waals surface area contributed by atoms with Gasteiger partial charge < -0.3 is 0 Å². The predicted octanol–water partition coefficient (Wildman–Crippen LogP) is 6.06. The Labute approximate surface area is 113 Å². The summed E-state index contributed by atoms with van der Waals surface area (Å²) in [5.41, 5.74) is 0. The fourth-order valence-corrected chi connectivity index (χ4v) is 2.85. The normalized spacial score (nSPS) is 15.2. The summed E-state index contributed by atoms with van der Waals surface area (Å²) >= 11 is 7.42. The van der Waals surface area contributed by atoms with E-state index in [0.29, 0.717) is 0 Å². The highest BCUT2D eigenvalue weighted by Gasteiger charge is 2.03. The fraction of sp³-hybridized carbons (Fsp3) is 1.00. The van der Waals surface area contributed by atoms with Crippen molar-refractivity contribution in [2.24, 2.45) is 0 Å². The first-order valence-electron chi connectivity index (χ1n) is 6.48. The third-order valence-electron chi connectivity index (χ3n) is 2.83. The standard InChI is InChI=1S/C13H26Br2/c1-3-9-13(15)11-8-6-5-7-10-12(14)4-2/h12-13H,3-11H2,1-2H3. The van der Waals surface area contributed by atoms with Crippen molar-refractivity contribution in [2.75, 3.05) is 0 Å². The highest BCUT2D eigenvalue weighted by molar-refractivity contribution is 9.09. The van der Waals surface area contributed by atoms with Crippen LogP contribution in [0.3, 0.4) is 0 Å². The molecular weight excluding hydrogens is 316 g/mol. The van der Waals surface area contributed by atoms with Gasteiger partial charge in [-0.2, -0.15) is 0 Å². The van der Waals surface area contributed by atoms with Gasteiger partial charge in [-0.3, -0.25) is 0 Å². The lowest BCUT2D eigenvalue weighted by Gasteiger charge is -2.08. The van der Waals surface area contributed by atoms with Gasteiger partial charge in [0.25, 0.3) is 0 Å². The van der Waals surface area contributed by atoms with Gasteiger partial charge in [0.2, 0.25) is 0 Å². The Bertz CT molecular complexity index is 126. The SMILES string of the molecule is CCCC(Br)CCCCCCC(Br)CC. The van der Waals surface area contributed by atoms with Crippen LogP contribution in [0.5, 0.6) is 0 Å².